The molecule has 0 radical (unpaired) electrons. The largest absolute Gasteiger partial charge is 0.452 e. The van der Waals surface area contributed by atoms with Crippen LogP contribution >= 0.6 is 0 Å². The Morgan fingerprint density at radius 1 is 1.00 bits per heavy atom. The molecule has 3 heterocycles. The summed E-state index contributed by atoms with van der Waals surface area (Å²) in [6.07, 6.45) is 3.26. The number of esters is 1. The van der Waals surface area contributed by atoms with Crippen molar-refractivity contribution in [1.29, 1.82) is 0 Å². The molecule has 4 aromatic rings. The molecule has 0 saturated heterocycles. The third-order valence-corrected chi connectivity index (χ3v) is 6.40. The topological polar surface area (TPSA) is 57.5 Å². The van der Waals surface area contributed by atoms with Gasteiger partial charge >= 0.3 is 5.97 Å². The van der Waals surface area contributed by atoms with Gasteiger partial charge in [-0.1, -0.05) is 18.2 Å². The van der Waals surface area contributed by atoms with E-state index in [2.05, 4.69) is 0 Å². The monoisotopic (exact) mass is 475 g/mol. The van der Waals surface area contributed by atoms with Crippen molar-refractivity contribution in [1.82, 2.24) is 4.57 Å². The van der Waals surface area contributed by atoms with E-state index in [1.54, 1.807) is 6.08 Å². The Labute approximate surface area is 197 Å². The Bertz CT molecular complexity index is 1600. The molecule has 1 atom stereocenters. The van der Waals surface area contributed by atoms with E-state index in [9.17, 15) is 22.8 Å². The number of carbonyl (C=O) groups excluding carboxylic acids is 2. The van der Waals surface area contributed by atoms with Gasteiger partial charge in [-0.2, -0.15) is 0 Å². The highest BCUT2D eigenvalue weighted by atomic mass is 19.2. The van der Waals surface area contributed by atoms with Gasteiger partial charge in [0.2, 0.25) is 5.78 Å². The molecule has 1 aromatic heterocycles. The molecule has 0 N–H and O–H groups in total. The van der Waals surface area contributed by atoms with Crippen molar-refractivity contribution >= 4 is 28.7 Å². The van der Waals surface area contributed by atoms with Gasteiger partial charge in [0.1, 0.15) is 11.5 Å². The lowest BCUT2D eigenvalue weighted by molar-refractivity contribution is -0.135. The molecule has 0 unspecified atom stereocenters. The SMILES string of the molecule is Cn1cc(/C=C2\Oc3c(ccc4c3[C@@H](c3cc(F)c(F)c(F)c3)CC(=O)O4)C2=O)c2ccccc21. The number of hydrogen-bond donors (Lipinski definition) is 0. The van der Waals surface area contributed by atoms with Crippen LogP contribution in [0.1, 0.15) is 39.4 Å². The number of allylic oxidation sites excluding steroid dienone is 1. The molecular formula is C27H16F3NO4. The molecule has 0 fully saturated rings. The highest BCUT2D eigenvalue weighted by Gasteiger charge is 2.39. The van der Waals surface area contributed by atoms with Gasteiger partial charge in [-0.3, -0.25) is 9.59 Å². The van der Waals surface area contributed by atoms with E-state index in [0.717, 1.165) is 28.6 Å². The summed E-state index contributed by atoms with van der Waals surface area (Å²) in [6.45, 7) is 0. The van der Waals surface area contributed by atoms with E-state index in [-0.39, 0.29) is 40.6 Å². The molecule has 0 spiro atoms. The van der Waals surface area contributed by atoms with E-state index in [0.29, 0.717) is 5.56 Å². The highest BCUT2D eigenvalue weighted by Crippen LogP contribution is 2.49. The molecule has 5 nitrogen and oxygen atoms in total. The van der Waals surface area contributed by atoms with Crippen LogP contribution in [0.15, 0.2) is 60.5 Å². The maximum atomic E-state index is 14.0. The van der Waals surface area contributed by atoms with Crippen molar-refractivity contribution in [3.8, 4) is 11.5 Å². The third kappa shape index (κ3) is 3.24. The van der Waals surface area contributed by atoms with Gasteiger partial charge in [-0.15, -0.1) is 0 Å². The molecular weight excluding hydrogens is 459 g/mol. The zero-order valence-electron chi connectivity index (χ0n) is 18.3. The van der Waals surface area contributed by atoms with Crippen LogP contribution in [0.2, 0.25) is 0 Å². The number of ether oxygens (including phenoxy) is 2. The summed E-state index contributed by atoms with van der Waals surface area (Å²) >= 11 is 0. The predicted octanol–water partition coefficient (Wildman–Crippen LogP) is 5.65. The van der Waals surface area contributed by atoms with Gasteiger partial charge in [0.25, 0.3) is 0 Å². The number of halogens is 3. The van der Waals surface area contributed by atoms with Gasteiger partial charge in [-0.05, 0) is 42.0 Å². The van der Waals surface area contributed by atoms with E-state index < -0.39 is 29.3 Å². The molecule has 3 aromatic carbocycles. The van der Waals surface area contributed by atoms with Crippen molar-refractivity contribution in [2.24, 2.45) is 7.05 Å². The fourth-order valence-corrected chi connectivity index (χ4v) is 4.80. The Hall–Kier alpha value is -4.33. The minimum Gasteiger partial charge on any atom is -0.452 e. The number of benzene rings is 3. The van der Waals surface area contributed by atoms with E-state index >= 15 is 0 Å². The Morgan fingerprint density at radius 3 is 2.51 bits per heavy atom. The summed E-state index contributed by atoms with van der Waals surface area (Å²) in [6, 6.07) is 12.3. The van der Waals surface area contributed by atoms with Crippen LogP contribution in [0, 0.1) is 17.5 Å². The van der Waals surface area contributed by atoms with Gasteiger partial charge in [0.05, 0.1) is 12.0 Å². The fourth-order valence-electron chi connectivity index (χ4n) is 4.80. The number of aryl methyl sites for hydroxylation is 1. The number of rotatable bonds is 2. The molecule has 35 heavy (non-hydrogen) atoms. The van der Waals surface area contributed by atoms with Gasteiger partial charge < -0.3 is 14.0 Å². The van der Waals surface area contributed by atoms with Crippen LogP contribution in [0.25, 0.3) is 17.0 Å². The first-order valence-corrected chi connectivity index (χ1v) is 10.8. The number of carbonyl (C=O) groups is 2. The fraction of sp³-hybridized carbons (Fsp3) is 0.111. The average Bonchev–Trinajstić information content (AvgIpc) is 3.33. The van der Waals surface area contributed by atoms with Crippen molar-refractivity contribution in [3.63, 3.8) is 0 Å². The lowest BCUT2D eigenvalue weighted by Gasteiger charge is -2.26. The molecule has 0 aliphatic carbocycles. The van der Waals surface area contributed by atoms with Gasteiger partial charge in [0, 0.05) is 41.2 Å². The van der Waals surface area contributed by atoms with Crippen LogP contribution in [0.5, 0.6) is 11.5 Å². The lowest BCUT2D eigenvalue weighted by Crippen LogP contribution is -2.22. The summed E-state index contributed by atoms with van der Waals surface area (Å²) in [5.74, 6) is -5.89. The first-order valence-electron chi connectivity index (χ1n) is 10.8. The van der Waals surface area contributed by atoms with Crippen LogP contribution in [-0.2, 0) is 11.8 Å². The van der Waals surface area contributed by atoms with Gasteiger partial charge in [-0.25, -0.2) is 13.2 Å². The molecule has 0 amide bonds. The molecule has 174 valence electrons. The van der Waals surface area contributed by atoms with Crippen LogP contribution in [-0.4, -0.2) is 16.3 Å². The van der Waals surface area contributed by atoms with Crippen molar-refractivity contribution in [2.45, 2.75) is 12.3 Å². The Morgan fingerprint density at radius 2 is 1.74 bits per heavy atom. The molecule has 0 bridgehead atoms. The number of aromatic nitrogens is 1. The van der Waals surface area contributed by atoms with E-state index in [1.165, 1.54) is 12.1 Å². The van der Waals surface area contributed by atoms with Crippen LogP contribution in [0.3, 0.4) is 0 Å². The van der Waals surface area contributed by atoms with Gasteiger partial charge in [0.15, 0.2) is 23.2 Å². The Kier molecular flexibility index (Phi) is 4.60. The molecule has 8 heteroatoms. The van der Waals surface area contributed by atoms with E-state index in [4.69, 9.17) is 9.47 Å². The summed E-state index contributed by atoms with van der Waals surface area (Å²) in [5.41, 5.74) is 2.34. The van der Waals surface area contributed by atoms with Crippen LogP contribution in [0.4, 0.5) is 13.2 Å². The number of ketones is 1. The average molecular weight is 475 g/mol. The quantitative estimate of drug-likeness (QED) is 0.163. The number of Topliss-reactive ketones (excluding diaryl/α,β-unsaturated/α-hetero) is 1. The second-order valence-corrected chi connectivity index (χ2v) is 8.54. The van der Waals surface area contributed by atoms with Crippen molar-refractivity contribution in [2.75, 3.05) is 0 Å². The summed E-state index contributed by atoms with van der Waals surface area (Å²) in [4.78, 5) is 25.5. The number of para-hydroxylation sites is 1. The normalized spacial score (nSPS) is 17.9. The zero-order valence-corrected chi connectivity index (χ0v) is 18.3. The maximum Gasteiger partial charge on any atom is 0.312 e. The second kappa shape index (κ2) is 7.59. The number of hydrogen-bond acceptors (Lipinski definition) is 4. The minimum atomic E-state index is -1.60. The smallest absolute Gasteiger partial charge is 0.312 e. The molecule has 2 aliphatic heterocycles. The molecule has 2 aliphatic rings. The summed E-state index contributed by atoms with van der Waals surface area (Å²) in [5, 5.41) is 0.931. The highest BCUT2D eigenvalue weighted by molar-refractivity contribution is 6.15. The summed E-state index contributed by atoms with van der Waals surface area (Å²) < 4.78 is 54.9. The van der Waals surface area contributed by atoms with Crippen molar-refractivity contribution < 1.29 is 32.2 Å². The van der Waals surface area contributed by atoms with Crippen molar-refractivity contribution in [3.05, 3.63) is 100 Å². The van der Waals surface area contributed by atoms with Crippen LogP contribution < -0.4 is 9.47 Å². The molecule has 0 saturated carbocycles. The maximum absolute atomic E-state index is 14.0. The third-order valence-electron chi connectivity index (χ3n) is 6.40. The predicted molar refractivity (Wildman–Crippen MR) is 121 cm³/mol. The molecule has 6 rings (SSSR count). The first-order chi connectivity index (χ1) is 16.8. The first kappa shape index (κ1) is 21.2. The number of nitrogens with zero attached hydrogens (tertiary/aromatic N) is 1. The standard InChI is InChI=1S/C27H16F3NO4/c1-31-12-14(15-4-2-3-5-20(15)31)10-22-26(33)16-6-7-21-24(27(16)35-22)17(11-23(32)34-21)13-8-18(28)25(30)19(29)9-13/h2-10,12,17H,11H2,1H3/b22-10-/t17-/m1/s1. The minimum absolute atomic E-state index is 0.0373. The zero-order chi connectivity index (χ0) is 24.4. The van der Waals surface area contributed by atoms with E-state index in [1.807, 2.05) is 42.1 Å². The summed E-state index contributed by atoms with van der Waals surface area (Å²) in [7, 11) is 1.90. The lowest BCUT2D eigenvalue weighted by atomic mass is 9.84. The Balaban J connectivity index is 1.48. The number of fused-ring (bicyclic) bond motifs is 4. The second-order valence-electron chi connectivity index (χ2n) is 8.54.